The van der Waals surface area contributed by atoms with Crippen molar-refractivity contribution in [3.05, 3.63) is 78.6 Å². The van der Waals surface area contributed by atoms with Gasteiger partial charge in [-0.25, -0.2) is 0 Å². The summed E-state index contributed by atoms with van der Waals surface area (Å²) in [5.41, 5.74) is 5.55. The predicted molar refractivity (Wildman–Crippen MR) is 101 cm³/mol. The number of pyridine rings is 1. The highest BCUT2D eigenvalue weighted by Crippen LogP contribution is 2.30. The van der Waals surface area contributed by atoms with E-state index >= 15 is 0 Å². The van der Waals surface area contributed by atoms with Crippen LogP contribution in [0.4, 0.5) is 0 Å². The van der Waals surface area contributed by atoms with Gasteiger partial charge in [-0.1, -0.05) is 23.4 Å². The minimum Gasteiger partial charge on any atom is -0.464 e. The number of aromatic nitrogens is 4. The van der Waals surface area contributed by atoms with Gasteiger partial charge in [-0.2, -0.15) is 5.10 Å². The lowest BCUT2D eigenvalue weighted by Gasteiger charge is -2.04. The van der Waals surface area contributed by atoms with Crippen LogP contribution in [0.2, 0.25) is 0 Å². The van der Waals surface area contributed by atoms with Gasteiger partial charge in [-0.15, -0.1) is 0 Å². The van der Waals surface area contributed by atoms with Crippen LogP contribution < -0.4 is 0 Å². The van der Waals surface area contributed by atoms with Crippen molar-refractivity contribution in [2.24, 2.45) is 0 Å². The van der Waals surface area contributed by atoms with Gasteiger partial charge < -0.3 is 8.94 Å². The Bertz CT molecular complexity index is 1230. The quantitative estimate of drug-likeness (QED) is 0.467. The summed E-state index contributed by atoms with van der Waals surface area (Å²) in [6, 6.07) is 15.9. The average Bonchev–Trinajstić information content (AvgIpc) is 3.43. The second kappa shape index (κ2) is 6.25. The van der Waals surface area contributed by atoms with E-state index in [1.54, 1.807) is 12.5 Å². The molecule has 0 unspecified atom stereocenters. The average molecular weight is 356 g/mol. The third-order valence-electron chi connectivity index (χ3n) is 4.45. The molecule has 0 aliphatic rings. The van der Waals surface area contributed by atoms with Gasteiger partial charge in [0.15, 0.2) is 0 Å². The molecule has 0 atom stereocenters. The number of nitrogens with zero attached hydrogens (tertiary/aromatic N) is 4. The van der Waals surface area contributed by atoms with E-state index in [1.807, 2.05) is 60.3 Å². The smallest absolute Gasteiger partial charge is 0.137 e. The molecule has 0 aliphatic heterocycles. The lowest BCUT2D eigenvalue weighted by atomic mass is 10.0. The first-order chi connectivity index (χ1) is 13.3. The molecule has 0 bridgehead atoms. The van der Waals surface area contributed by atoms with Crippen molar-refractivity contribution in [1.29, 1.82) is 0 Å². The Morgan fingerprint density at radius 3 is 2.85 bits per heavy atom. The highest BCUT2D eigenvalue weighted by Gasteiger charge is 2.10. The fraction of sp³-hybridized carbons (Fsp3) is 0.0952. The zero-order valence-electron chi connectivity index (χ0n) is 14.7. The van der Waals surface area contributed by atoms with Crippen molar-refractivity contribution >= 4 is 11.0 Å². The molecule has 6 nitrogen and oxygen atoms in total. The molecule has 4 aromatic heterocycles. The van der Waals surface area contributed by atoms with Crippen molar-refractivity contribution in [2.45, 2.75) is 13.5 Å². The topological polar surface area (TPSA) is 69.9 Å². The maximum absolute atomic E-state index is 5.49. The van der Waals surface area contributed by atoms with Crippen LogP contribution in [-0.2, 0) is 6.54 Å². The van der Waals surface area contributed by atoms with Gasteiger partial charge in [0.05, 0.1) is 24.2 Å². The molecule has 6 heteroatoms. The van der Waals surface area contributed by atoms with Crippen LogP contribution in [-0.4, -0.2) is 19.9 Å². The third kappa shape index (κ3) is 2.91. The van der Waals surface area contributed by atoms with E-state index in [4.69, 9.17) is 8.94 Å². The van der Waals surface area contributed by atoms with Crippen molar-refractivity contribution in [3.63, 3.8) is 0 Å². The highest BCUT2D eigenvalue weighted by molar-refractivity contribution is 5.92. The SMILES string of the molecule is Cc1cc(Cn2ccc(-c3cccc(-c4nccc5occc45)c3)n2)no1. The van der Waals surface area contributed by atoms with Gasteiger partial charge in [0.25, 0.3) is 0 Å². The van der Waals surface area contributed by atoms with Crippen LogP contribution in [0.5, 0.6) is 0 Å². The monoisotopic (exact) mass is 356 g/mol. The molecular formula is C21H16N4O2. The van der Waals surface area contributed by atoms with E-state index in [1.165, 1.54) is 0 Å². The molecule has 0 spiro atoms. The fourth-order valence-electron chi connectivity index (χ4n) is 3.21. The lowest BCUT2D eigenvalue weighted by molar-refractivity contribution is 0.388. The Hall–Kier alpha value is -3.67. The summed E-state index contributed by atoms with van der Waals surface area (Å²) >= 11 is 0. The Morgan fingerprint density at radius 1 is 1.04 bits per heavy atom. The van der Waals surface area contributed by atoms with Crippen LogP contribution in [0, 0.1) is 6.92 Å². The summed E-state index contributed by atoms with van der Waals surface area (Å²) in [6.45, 7) is 2.46. The van der Waals surface area contributed by atoms with Crippen molar-refractivity contribution in [1.82, 2.24) is 19.9 Å². The molecule has 0 saturated carbocycles. The van der Waals surface area contributed by atoms with E-state index in [2.05, 4.69) is 21.3 Å². The molecule has 0 amide bonds. The number of hydrogen-bond acceptors (Lipinski definition) is 5. The van der Waals surface area contributed by atoms with Gasteiger partial charge >= 0.3 is 0 Å². The summed E-state index contributed by atoms with van der Waals surface area (Å²) in [5, 5.41) is 9.69. The van der Waals surface area contributed by atoms with Crippen molar-refractivity contribution in [2.75, 3.05) is 0 Å². The van der Waals surface area contributed by atoms with Gasteiger partial charge in [-0.3, -0.25) is 9.67 Å². The number of benzene rings is 1. The standard InChI is InChI=1S/C21H16N4O2/c1-14-11-17(24-27-14)13-25-9-6-19(23-25)15-3-2-4-16(12-15)21-18-7-10-26-20(18)5-8-22-21/h2-12H,13H2,1H3. The summed E-state index contributed by atoms with van der Waals surface area (Å²) in [4.78, 5) is 4.54. The van der Waals surface area contributed by atoms with Crippen LogP contribution in [0.1, 0.15) is 11.5 Å². The van der Waals surface area contributed by atoms with E-state index in [-0.39, 0.29) is 0 Å². The molecular weight excluding hydrogens is 340 g/mol. The summed E-state index contributed by atoms with van der Waals surface area (Å²) in [6.07, 6.45) is 5.40. The second-order valence-corrected chi connectivity index (χ2v) is 6.40. The first-order valence-electron chi connectivity index (χ1n) is 8.65. The minimum absolute atomic E-state index is 0.576. The Labute approximate surface area is 155 Å². The molecule has 0 aliphatic carbocycles. The molecule has 0 radical (unpaired) electrons. The summed E-state index contributed by atoms with van der Waals surface area (Å²) in [7, 11) is 0. The van der Waals surface area contributed by atoms with Crippen LogP contribution in [0.15, 0.2) is 76.1 Å². The second-order valence-electron chi connectivity index (χ2n) is 6.40. The number of hydrogen-bond donors (Lipinski definition) is 0. The molecule has 0 fully saturated rings. The first kappa shape index (κ1) is 15.6. The van der Waals surface area contributed by atoms with Crippen LogP contribution in [0.3, 0.4) is 0 Å². The molecule has 4 heterocycles. The normalized spacial score (nSPS) is 11.3. The zero-order chi connectivity index (χ0) is 18.2. The maximum Gasteiger partial charge on any atom is 0.137 e. The number of aryl methyl sites for hydroxylation is 1. The minimum atomic E-state index is 0.576. The third-order valence-corrected chi connectivity index (χ3v) is 4.45. The van der Waals surface area contributed by atoms with E-state index in [0.29, 0.717) is 6.54 Å². The summed E-state index contributed by atoms with van der Waals surface area (Å²) < 4.78 is 12.5. The van der Waals surface area contributed by atoms with Gasteiger partial charge in [0, 0.05) is 35.0 Å². The highest BCUT2D eigenvalue weighted by atomic mass is 16.5. The molecule has 1 aromatic carbocycles. The molecule has 5 aromatic rings. The van der Waals surface area contributed by atoms with Crippen LogP contribution >= 0.6 is 0 Å². The lowest BCUT2D eigenvalue weighted by Crippen LogP contribution is -2.00. The van der Waals surface area contributed by atoms with E-state index in [9.17, 15) is 0 Å². The van der Waals surface area contributed by atoms with Gasteiger partial charge in [0.2, 0.25) is 0 Å². The predicted octanol–water partition coefficient (Wildman–Crippen LogP) is 4.70. The molecule has 132 valence electrons. The number of fused-ring (bicyclic) bond motifs is 1. The van der Waals surface area contributed by atoms with Crippen LogP contribution in [0.25, 0.3) is 33.5 Å². The van der Waals surface area contributed by atoms with E-state index < -0.39 is 0 Å². The molecule has 0 saturated heterocycles. The summed E-state index contributed by atoms with van der Waals surface area (Å²) in [5.74, 6) is 0.797. The van der Waals surface area contributed by atoms with Gasteiger partial charge in [-0.05, 0) is 31.2 Å². The Kier molecular flexibility index (Phi) is 3.60. The largest absolute Gasteiger partial charge is 0.464 e. The molecule has 5 rings (SSSR count). The van der Waals surface area contributed by atoms with Crippen molar-refractivity contribution < 1.29 is 8.94 Å². The van der Waals surface area contributed by atoms with E-state index in [0.717, 1.165) is 44.9 Å². The zero-order valence-corrected chi connectivity index (χ0v) is 14.7. The molecule has 0 N–H and O–H groups in total. The Morgan fingerprint density at radius 2 is 1.96 bits per heavy atom. The molecule has 27 heavy (non-hydrogen) atoms. The number of rotatable bonds is 4. The fourth-order valence-corrected chi connectivity index (χ4v) is 3.21. The van der Waals surface area contributed by atoms with Gasteiger partial charge in [0.1, 0.15) is 17.0 Å². The number of furan rings is 1. The van der Waals surface area contributed by atoms with Crippen molar-refractivity contribution in [3.8, 4) is 22.5 Å². The Balaban J connectivity index is 1.48. The first-order valence-corrected chi connectivity index (χ1v) is 8.65. The maximum atomic E-state index is 5.49.